The van der Waals surface area contributed by atoms with Gasteiger partial charge in [-0.3, -0.25) is 0 Å². The Balaban J connectivity index is 2.82. The highest BCUT2D eigenvalue weighted by molar-refractivity contribution is 7.89. The fourth-order valence-corrected chi connectivity index (χ4v) is 2.01. The molecule has 2 N–H and O–H groups in total. The monoisotopic (exact) mass is 250 g/mol. The molecule has 5 nitrogen and oxygen atoms in total. The molecule has 1 aromatic rings. The first-order chi connectivity index (χ1) is 6.92. The smallest absolute Gasteiger partial charge is 0.242 e. The van der Waals surface area contributed by atoms with Crippen molar-refractivity contribution in [3.8, 4) is 0 Å². The zero-order chi connectivity index (χ0) is 11.5. The number of nitrogens with one attached hydrogen (secondary N) is 1. The van der Waals surface area contributed by atoms with E-state index in [1.165, 1.54) is 19.1 Å². The van der Waals surface area contributed by atoms with Crippen LogP contribution in [0.15, 0.2) is 23.2 Å². The average molecular weight is 251 g/mol. The summed E-state index contributed by atoms with van der Waals surface area (Å²) in [6, 6.07) is 2.73. The molecule has 0 unspecified atom stereocenters. The van der Waals surface area contributed by atoms with Gasteiger partial charge in [0.2, 0.25) is 10.0 Å². The van der Waals surface area contributed by atoms with Crippen molar-refractivity contribution in [1.29, 1.82) is 0 Å². The fraction of sp³-hybridized carbons (Fsp3) is 0.375. The van der Waals surface area contributed by atoms with Crippen molar-refractivity contribution in [3.05, 3.63) is 23.5 Å². The van der Waals surface area contributed by atoms with Crippen LogP contribution in [-0.2, 0) is 10.0 Å². The number of aromatic nitrogens is 1. The van der Waals surface area contributed by atoms with Crippen LogP contribution in [0.5, 0.6) is 0 Å². The summed E-state index contributed by atoms with van der Waals surface area (Å²) in [5.74, 6) is 0. The van der Waals surface area contributed by atoms with E-state index in [-0.39, 0.29) is 16.6 Å². The molecule has 0 aliphatic carbocycles. The van der Waals surface area contributed by atoms with Crippen molar-refractivity contribution in [2.75, 3.05) is 6.54 Å². The molecule has 1 atom stereocenters. The standard InChI is InChI=1S/C8H11ClN2O3S/c1-6(12)4-11-15(13,14)7-2-3-8(9)10-5-7/h2-3,5-6,11-12H,4H2,1H3/t6-/m0/s1. The van der Waals surface area contributed by atoms with Gasteiger partial charge in [-0.2, -0.15) is 0 Å². The van der Waals surface area contributed by atoms with Gasteiger partial charge in [0.1, 0.15) is 10.0 Å². The van der Waals surface area contributed by atoms with Crippen LogP contribution in [0.25, 0.3) is 0 Å². The molecule has 0 aliphatic rings. The van der Waals surface area contributed by atoms with Crippen LogP contribution >= 0.6 is 11.6 Å². The summed E-state index contributed by atoms with van der Waals surface area (Å²) in [5, 5.41) is 9.17. The van der Waals surface area contributed by atoms with E-state index < -0.39 is 16.1 Å². The number of sulfonamides is 1. The lowest BCUT2D eigenvalue weighted by Crippen LogP contribution is -2.30. The van der Waals surface area contributed by atoms with Crippen LogP contribution in [0.1, 0.15) is 6.92 Å². The zero-order valence-corrected chi connectivity index (χ0v) is 9.59. The molecular weight excluding hydrogens is 240 g/mol. The molecule has 0 saturated carbocycles. The fourth-order valence-electron chi connectivity index (χ4n) is 0.835. The SMILES string of the molecule is C[C@H](O)CNS(=O)(=O)c1ccc(Cl)nc1. The van der Waals surface area contributed by atoms with Gasteiger partial charge in [0.25, 0.3) is 0 Å². The maximum absolute atomic E-state index is 11.5. The van der Waals surface area contributed by atoms with E-state index in [1.54, 1.807) is 0 Å². The molecule has 0 aromatic carbocycles. The molecule has 84 valence electrons. The quantitative estimate of drug-likeness (QED) is 0.758. The molecule has 0 saturated heterocycles. The highest BCUT2D eigenvalue weighted by Gasteiger charge is 2.14. The van der Waals surface area contributed by atoms with Crippen molar-refractivity contribution in [3.63, 3.8) is 0 Å². The number of aliphatic hydroxyl groups excluding tert-OH is 1. The first kappa shape index (κ1) is 12.4. The largest absolute Gasteiger partial charge is 0.392 e. The maximum atomic E-state index is 11.5. The molecule has 0 radical (unpaired) electrons. The Morgan fingerprint density at radius 2 is 2.27 bits per heavy atom. The topological polar surface area (TPSA) is 79.3 Å². The van der Waals surface area contributed by atoms with Crippen molar-refractivity contribution < 1.29 is 13.5 Å². The minimum Gasteiger partial charge on any atom is -0.392 e. The van der Waals surface area contributed by atoms with Crippen LogP contribution in [0.3, 0.4) is 0 Å². The molecule has 0 amide bonds. The summed E-state index contributed by atoms with van der Waals surface area (Å²) in [6.45, 7) is 1.45. The second-order valence-electron chi connectivity index (χ2n) is 3.02. The summed E-state index contributed by atoms with van der Waals surface area (Å²) >= 11 is 5.52. The Morgan fingerprint density at radius 3 is 2.73 bits per heavy atom. The van der Waals surface area contributed by atoms with E-state index in [1.807, 2.05) is 0 Å². The zero-order valence-electron chi connectivity index (χ0n) is 8.01. The summed E-state index contributed by atoms with van der Waals surface area (Å²) in [7, 11) is -3.60. The van der Waals surface area contributed by atoms with Crippen molar-refractivity contribution in [1.82, 2.24) is 9.71 Å². The molecule has 7 heteroatoms. The van der Waals surface area contributed by atoms with E-state index in [4.69, 9.17) is 16.7 Å². The number of hydrogen-bond donors (Lipinski definition) is 2. The Hall–Kier alpha value is -0.690. The Bertz CT molecular complexity index is 416. The Labute approximate surface area is 93.2 Å². The van der Waals surface area contributed by atoms with Gasteiger partial charge in [0, 0.05) is 12.7 Å². The summed E-state index contributed by atoms with van der Waals surface area (Å²) in [5.41, 5.74) is 0. The average Bonchev–Trinajstić information content (AvgIpc) is 2.16. The molecule has 0 aliphatic heterocycles. The van der Waals surface area contributed by atoms with Crippen LogP contribution in [0.4, 0.5) is 0 Å². The van der Waals surface area contributed by atoms with Crippen molar-refractivity contribution in [2.45, 2.75) is 17.9 Å². The summed E-state index contributed by atoms with van der Waals surface area (Å²) in [6.07, 6.45) is 0.423. The second kappa shape index (κ2) is 4.89. The van der Waals surface area contributed by atoms with Crippen LogP contribution in [0, 0.1) is 0 Å². The Morgan fingerprint density at radius 1 is 1.60 bits per heavy atom. The van der Waals surface area contributed by atoms with Crippen molar-refractivity contribution in [2.24, 2.45) is 0 Å². The number of hydrogen-bond acceptors (Lipinski definition) is 4. The minimum absolute atomic E-state index is 0.0209. The van der Waals surface area contributed by atoms with E-state index in [2.05, 4.69) is 9.71 Å². The van der Waals surface area contributed by atoms with Gasteiger partial charge < -0.3 is 5.11 Å². The Kier molecular flexibility index (Phi) is 4.04. The number of nitrogens with zero attached hydrogens (tertiary/aromatic N) is 1. The van der Waals surface area contributed by atoms with Gasteiger partial charge >= 0.3 is 0 Å². The molecule has 0 spiro atoms. The third-order valence-corrected chi connectivity index (χ3v) is 3.21. The predicted molar refractivity (Wildman–Crippen MR) is 56.1 cm³/mol. The number of rotatable bonds is 4. The van der Waals surface area contributed by atoms with Crippen molar-refractivity contribution >= 4 is 21.6 Å². The van der Waals surface area contributed by atoms with Gasteiger partial charge in [-0.05, 0) is 19.1 Å². The molecule has 1 heterocycles. The van der Waals surface area contributed by atoms with E-state index in [9.17, 15) is 8.42 Å². The van der Waals surface area contributed by atoms with Gasteiger partial charge in [0.15, 0.2) is 0 Å². The summed E-state index contributed by atoms with van der Waals surface area (Å²) < 4.78 is 25.3. The lowest BCUT2D eigenvalue weighted by molar-refractivity contribution is 0.198. The highest BCUT2D eigenvalue weighted by atomic mass is 35.5. The molecule has 15 heavy (non-hydrogen) atoms. The first-order valence-electron chi connectivity index (χ1n) is 4.21. The van der Waals surface area contributed by atoms with Gasteiger partial charge in [-0.15, -0.1) is 0 Å². The number of halogens is 1. The van der Waals surface area contributed by atoms with Crippen LogP contribution in [0.2, 0.25) is 5.15 Å². The van der Waals surface area contributed by atoms with Crippen LogP contribution in [-0.4, -0.2) is 31.2 Å². The lowest BCUT2D eigenvalue weighted by atomic mass is 10.4. The third kappa shape index (κ3) is 3.75. The van der Waals surface area contributed by atoms with E-state index >= 15 is 0 Å². The number of pyridine rings is 1. The van der Waals surface area contributed by atoms with Gasteiger partial charge in [-0.25, -0.2) is 18.1 Å². The van der Waals surface area contributed by atoms with Crippen LogP contribution < -0.4 is 4.72 Å². The first-order valence-corrected chi connectivity index (χ1v) is 6.07. The molecule has 0 bridgehead atoms. The molecule has 1 aromatic heterocycles. The third-order valence-electron chi connectivity index (χ3n) is 1.58. The normalized spacial score (nSPS) is 13.8. The van der Waals surface area contributed by atoms with E-state index in [0.29, 0.717) is 0 Å². The second-order valence-corrected chi connectivity index (χ2v) is 5.17. The molecule has 0 fully saturated rings. The molecular formula is C8H11ClN2O3S. The van der Waals surface area contributed by atoms with E-state index in [0.717, 1.165) is 6.20 Å². The van der Waals surface area contributed by atoms with Gasteiger partial charge in [-0.1, -0.05) is 11.6 Å². The number of aliphatic hydroxyl groups is 1. The lowest BCUT2D eigenvalue weighted by Gasteiger charge is -2.07. The minimum atomic E-state index is -3.60. The maximum Gasteiger partial charge on any atom is 0.242 e. The van der Waals surface area contributed by atoms with Gasteiger partial charge in [0.05, 0.1) is 6.10 Å². The predicted octanol–water partition coefficient (Wildman–Crippen LogP) is 0.394. The highest BCUT2D eigenvalue weighted by Crippen LogP contribution is 2.10. The summed E-state index contributed by atoms with van der Waals surface area (Å²) in [4.78, 5) is 3.68. The molecule has 1 rings (SSSR count).